The van der Waals surface area contributed by atoms with Crippen molar-refractivity contribution in [2.75, 3.05) is 54.9 Å². The Kier molecular flexibility index (Phi) is 8.40. The summed E-state index contributed by atoms with van der Waals surface area (Å²) in [5.41, 5.74) is 1.02. The van der Waals surface area contributed by atoms with Gasteiger partial charge >= 0.3 is 0 Å². The summed E-state index contributed by atoms with van der Waals surface area (Å²) < 4.78 is 5.34. The number of carbonyl (C=O) groups is 1. The molecule has 1 aliphatic heterocycles. The Bertz CT molecular complexity index is 771. The predicted molar refractivity (Wildman–Crippen MR) is 130 cm³/mol. The van der Waals surface area contributed by atoms with E-state index in [1.54, 1.807) is 19.1 Å². The fourth-order valence-electron chi connectivity index (χ4n) is 5.49. The van der Waals surface area contributed by atoms with Crippen molar-refractivity contribution in [3.63, 3.8) is 0 Å². The van der Waals surface area contributed by atoms with Gasteiger partial charge in [0.2, 0.25) is 5.91 Å². The number of guanidine groups is 1. The van der Waals surface area contributed by atoms with Crippen LogP contribution in [0.25, 0.3) is 0 Å². The van der Waals surface area contributed by atoms with E-state index < -0.39 is 0 Å². The highest BCUT2D eigenvalue weighted by Gasteiger charge is 2.42. The molecule has 0 bridgehead atoms. The van der Waals surface area contributed by atoms with E-state index in [0.717, 1.165) is 50.5 Å². The zero-order chi connectivity index (χ0) is 23.1. The smallest absolute Gasteiger partial charge is 0.230 e. The summed E-state index contributed by atoms with van der Waals surface area (Å²) >= 11 is 0. The number of carbonyl (C=O) groups excluding carboxylic acids is 1. The van der Waals surface area contributed by atoms with E-state index in [9.17, 15) is 4.79 Å². The average molecular weight is 444 g/mol. The lowest BCUT2D eigenvalue weighted by molar-refractivity contribution is -0.138. The molecule has 2 fully saturated rings. The van der Waals surface area contributed by atoms with Crippen molar-refractivity contribution in [2.45, 2.75) is 44.6 Å². The molecule has 7 heteroatoms. The molecule has 2 atom stereocenters. The maximum atomic E-state index is 12.9. The monoisotopic (exact) mass is 443 g/mol. The van der Waals surface area contributed by atoms with Crippen LogP contribution in [0.5, 0.6) is 5.75 Å². The van der Waals surface area contributed by atoms with E-state index >= 15 is 0 Å². The predicted octanol–water partition coefficient (Wildman–Crippen LogP) is 2.89. The summed E-state index contributed by atoms with van der Waals surface area (Å²) in [6.45, 7) is 2.58. The van der Waals surface area contributed by atoms with Gasteiger partial charge in [-0.05, 0) is 62.9 Å². The molecule has 1 saturated carbocycles. The van der Waals surface area contributed by atoms with Gasteiger partial charge in [-0.15, -0.1) is 0 Å². The number of methoxy groups -OCH3 is 1. The summed E-state index contributed by atoms with van der Waals surface area (Å²) in [6, 6.07) is 8.82. The number of nitrogens with zero attached hydrogens (tertiary/aromatic N) is 3. The molecule has 0 radical (unpaired) electrons. The molecule has 2 N–H and O–H groups in total. The van der Waals surface area contributed by atoms with E-state index in [0.29, 0.717) is 18.5 Å². The van der Waals surface area contributed by atoms with Gasteiger partial charge in [0, 0.05) is 40.3 Å². The van der Waals surface area contributed by atoms with Gasteiger partial charge in [0.05, 0.1) is 12.5 Å². The molecule has 3 rings (SSSR count). The van der Waals surface area contributed by atoms with E-state index in [1.165, 1.54) is 18.4 Å². The highest BCUT2D eigenvalue weighted by Crippen LogP contribution is 2.39. The normalized spacial score (nSPS) is 23.6. The Balaban J connectivity index is 1.62. The minimum Gasteiger partial charge on any atom is -0.497 e. The molecule has 1 amide bonds. The minimum atomic E-state index is -0.308. The van der Waals surface area contributed by atoms with Crippen molar-refractivity contribution < 1.29 is 9.53 Å². The van der Waals surface area contributed by atoms with Crippen LogP contribution in [0, 0.1) is 11.3 Å². The van der Waals surface area contributed by atoms with Crippen LogP contribution in [-0.2, 0) is 4.79 Å². The molecule has 1 aliphatic carbocycles. The van der Waals surface area contributed by atoms with Crippen LogP contribution < -0.4 is 15.4 Å². The number of amides is 1. The highest BCUT2D eigenvalue weighted by atomic mass is 16.5. The number of piperidine rings is 1. The Morgan fingerprint density at radius 3 is 2.47 bits per heavy atom. The second-order valence-corrected chi connectivity index (χ2v) is 9.59. The molecular weight excluding hydrogens is 402 g/mol. The van der Waals surface area contributed by atoms with Gasteiger partial charge in [-0.3, -0.25) is 14.7 Å². The second-order valence-electron chi connectivity index (χ2n) is 9.59. The van der Waals surface area contributed by atoms with E-state index in [4.69, 9.17) is 4.74 Å². The first kappa shape index (κ1) is 24.4. The number of ether oxygens (including phenoxy) is 1. The van der Waals surface area contributed by atoms with Gasteiger partial charge in [-0.2, -0.15) is 0 Å². The Labute approximate surface area is 193 Å². The Hall–Kier alpha value is -2.28. The average Bonchev–Trinajstić information content (AvgIpc) is 3.29. The zero-order valence-electron chi connectivity index (χ0n) is 20.5. The lowest BCUT2D eigenvalue weighted by atomic mass is 9.84. The molecule has 7 nitrogen and oxygen atoms in total. The quantitative estimate of drug-likeness (QED) is 0.501. The van der Waals surface area contributed by atoms with Crippen LogP contribution >= 0.6 is 0 Å². The highest BCUT2D eigenvalue weighted by molar-refractivity contribution is 5.85. The maximum Gasteiger partial charge on any atom is 0.230 e. The largest absolute Gasteiger partial charge is 0.497 e. The van der Waals surface area contributed by atoms with Crippen molar-refractivity contribution >= 4 is 11.9 Å². The molecule has 1 heterocycles. The van der Waals surface area contributed by atoms with Crippen LogP contribution in [0.1, 0.15) is 50.1 Å². The molecule has 0 spiro atoms. The maximum absolute atomic E-state index is 12.9. The lowest BCUT2D eigenvalue weighted by Gasteiger charge is -2.40. The third-order valence-corrected chi connectivity index (χ3v) is 7.23. The molecular formula is C25H41N5O2. The number of hydrogen-bond acceptors (Lipinski definition) is 4. The second kappa shape index (κ2) is 11.0. The van der Waals surface area contributed by atoms with Crippen molar-refractivity contribution in [2.24, 2.45) is 16.3 Å². The van der Waals surface area contributed by atoms with Gasteiger partial charge in [0.25, 0.3) is 0 Å². The molecule has 1 saturated heterocycles. The van der Waals surface area contributed by atoms with Crippen molar-refractivity contribution in [3.8, 4) is 5.75 Å². The van der Waals surface area contributed by atoms with Crippen LogP contribution in [0.4, 0.5) is 0 Å². The molecule has 1 aromatic rings. The summed E-state index contributed by atoms with van der Waals surface area (Å²) in [5.74, 6) is 2.38. The summed E-state index contributed by atoms with van der Waals surface area (Å²) in [7, 11) is 9.43. The third-order valence-electron chi connectivity index (χ3n) is 7.23. The first-order valence-corrected chi connectivity index (χ1v) is 11.9. The zero-order valence-corrected chi connectivity index (χ0v) is 20.5. The van der Waals surface area contributed by atoms with E-state index in [1.807, 2.05) is 26.2 Å². The Morgan fingerprint density at radius 2 is 1.88 bits per heavy atom. The fraction of sp³-hybridized carbons (Fsp3) is 0.680. The van der Waals surface area contributed by atoms with Crippen LogP contribution in [0.3, 0.4) is 0 Å². The summed E-state index contributed by atoms with van der Waals surface area (Å²) in [6.07, 6.45) is 6.49. The summed E-state index contributed by atoms with van der Waals surface area (Å²) in [5, 5.41) is 7.02. The van der Waals surface area contributed by atoms with Crippen molar-refractivity contribution in [1.82, 2.24) is 20.4 Å². The van der Waals surface area contributed by atoms with E-state index in [2.05, 4.69) is 39.7 Å². The minimum absolute atomic E-state index is 0.228. The first-order chi connectivity index (χ1) is 15.4. The van der Waals surface area contributed by atoms with Crippen molar-refractivity contribution in [1.29, 1.82) is 0 Å². The van der Waals surface area contributed by atoms with Gasteiger partial charge in [-0.1, -0.05) is 25.0 Å². The van der Waals surface area contributed by atoms with Crippen molar-refractivity contribution in [3.05, 3.63) is 29.8 Å². The number of rotatable bonds is 7. The number of nitrogens with one attached hydrogen (secondary N) is 2. The van der Waals surface area contributed by atoms with Crippen LogP contribution in [0.15, 0.2) is 29.3 Å². The molecule has 2 aliphatic rings. The SMILES string of the molecule is CN=C(NCC1CCCN(C)C1c1ccc(OC)cc1)NCC1(C(=O)N(C)C)CCCC1. The third kappa shape index (κ3) is 5.55. The van der Waals surface area contributed by atoms with Gasteiger partial charge in [0.1, 0.15) is 5.75 Å². The van der Waals surface area contributed by atoms with Gasteiger partial charge in [0.15, 0.2) is 5.96 Å². The topological polar surface area (TPSA) is 69.2 Å². The molecule has 2 unspecified atom stereocenters. The van der Waals surface area contributed by atoms with Gasteiger partial charge < -0.3 is 20.3 Å². The number of hydrogen-bond donors (Lipinski definition) is 2. The fourth-order valence-corrected chi connectivity index (χ4v) is 5.49. The molecule has 0 aromatic heterocycles. The standard InChI is InChI=1S/C25H41N5O2/c1-26-24(28-18-25(14-6-7-15-25)23(31)29(2)3)27-17-20-9-8-16-30(4)22(20)19-10-12-21(32-5)13-11-19/h10-13,20,22H,6-9,14-18H2,1-5H3,(H2,26,27,28). The number of aliphatic imine (C=N–C) groups is 1. The van der Waals surface area contributed by atoms with E-state index in [-0.39, 0.29) is 11.3 Å². The van der Waals surface area contributed by atoms with Gasteiger partial charge in [-0.25, -0.2) is 0 Å². The van der Waals surface area contributed by atoms with Crippen LogP contribution in [-0.4, -0.2) is 76.6 Å². The molecule has 1 aromatic carbocycles. The van der Waals surface area contributed by atoms with Crippen LogP contribution in [0.2, 0.25) is 0 Å². The summed E-state index contributed by atoms with van der Waals surface area (Å²) in [4.78, 5) is 21.5. The first-order valence-electron chi connectivity index (χ1n) is 11.9. The Morgan fingerprint density at radius 1 is 1.19 bits per heavy atom. The molecule has 178 valence electrons. The molecule has 32 heavy (non-hydrogen) atoms. The lowest BCUT2D eigenvalue weighted by Crippen LogP contribution is -2.50. The number of likely N-dealkylation sites (tertiary alicyclic amines) is 1. The number of benzene rings is 1.